The van der Waals surface area contributed by atoms with Gasteiger partial charge < -0.3 is 4.74 Å². The number of carbonyl (C=O) groups is 1. The summed E-state index contributed by atoms with van der Waals surface area (Å²) in [6.45, 7) is 2.05. The quantitative estimate of drug-likeness (QED) is 0.806. The van der Waals surface area contributed by atoms with Gasteiger partial charge in [-0.3, -0.25) is 4.79 Å². The predicted molar refractivity (Wildman–Crippen MR) is 63.6 cm³/mol. The largest absolute Gasteiger partial charge is 0.494 e. The minimum Gasteiger partial charge on any atom is -0.494 e. The molecule has 0 saturated heterocycles. The average Bonchev–Trinajstić information content (AvgIpc) is 2.62. The summed E-state index contributed by atoms with van der Waals surface area (Å²) in [5.74, 6) is 0.266. The Bertz CT molecular complexity index is 442. The zero-order valence-electron chi connectivity index (χ0n) is 10.3. The molecule has 1 unspecified atom stereocenters. The highest BCUT2D eigenvalue weighted by atomic mass is 19.1. The van der Waals surface area contributed by atoms with Gasteiger partial charge in [-0.2, -0.15) is 0 Å². The van der Waals surface area contributed by atoms with Gasteiger partial charge in [0.2, 0.25) is 0 Å². The zero-order chi connectivity index (χ0) is 12.5. The van der Waals surface area contributed by atoms with Crippen molar-refractivity contribution in [2.45, 2.75) is 32.6 Å². The lowest BCUT2D eigenvalue weighted by atomic mass is 9.82. The molecule has 92 valence electrons. The summed E-state index contributed by atoms with van der Waals surface area (Å²) >= 11 is 0. The monoisotopic (exact) mass is 236 g/mol. The number of hydrogen-bond donors (Lipinski definition) is 0. The van der Waals surface area contributed by atoms with Crippen LogP contribution in [-0.4, -0.2) is 12.9 Å². The van der Waals surface area contributed by atoms with E-state index in [4.69, 9.17) is 4.74 Å². The molecule has 3 heteroatoms. The molecule has 2 rings (SSSR count). The molecule has 1 atom stereocenters. The van der Waals surface area contributed by atoms with Crippen molar-refractivity contribution in [2.75, 3.05) is 7.11 Å². The average molecular weight is 236 g/mol. The van der Waals surface area contributed by atoms with E-state index in [9.17, 15) is 9.18 Å². The number of benzene rings is 1. The summed E-state index contributed by atoms with van der Waals surface area (Å²) in [7, 11) is 1.46. The van der Waals surface area contributed by atoms with Crippen molar-refractivity contribution < 1.29 is 13.9 Å². The van der Waals surface area contributed by atoms with E-state index in [-0.39, 0.29) is 22.8 Å². The predicted octanol–water partition coefficient (Wildman–Crippen LogP) is 3.14. The Hall–Kier alpha value is -1.38. The molecular weight excluding hydrogens is 219 g/mol. The van der Waals surface area contributed by atoms with E-state index < -0.39 is 0 Å². The number of ketones is 1. The number of Topliss-reactive ketones (excluding diaryl/α,β-unsaturated/α-hetero) is 1. The summed E-state index contributed by atoms with van der Waals surface area (Å²) in [6.07, 6.45) is 2.63. The molecule has 1 aromatic rings. The van der Waals surface area contributed by atoms with Gasteiger partial charge >= 0.3 is 0 Å². The third-order valence-electron chi connectivity index (χ3n) is 3.51. The molecular formula is C14H17FO2. The molecule has 0 aromatic heterocycles. The second-order valence-corrected chi connectivity index (χ2v) is 5.14. The fourth-order valence-corrected chi connectivity index (χ4v) is 2.56. The molecule has 0 N–H and O–H groups in total. The van der Waals surface area contributed by atoms with Gasteiger partial charge in [0.15, 0.2) is 11.6 Å². The van der Waals surface area contributed by atoms with Crippen LogP contribution in [0.4, 0.5) is 4.39 Å². The summed E-state index contributed by atoms with van der Waals surface area (Å²) in [5.41, 5.74) is 0.547. The van der Waals surface area contributed by atoms with Gasteiger partial charge in [0, 0.05) is 12.8 Å². The van der Waals surface area contributed by atoms with E-state index in [1.54, 1.807) is 18.2 Å². The van der Waals surface area contributed by atoms with Gasteiger partial charge in [0.05, 0.1) is 7.11 Å². The standard InChI is InChI=1S/C14H17FO2/c1-14(7-6-11(16)9-14)8-10-4-3-5-12(17-2)13(10)15/h3-5H,6-9H2,1-2H3. The van der Waals surface area contributed by atoms with Crippen molar-refractivity contribution in [1.82, 2.24) is 0 Å². The zero-order valence-corrected chi connectivity index (χ0v) is 10.3. The van der Waals surface area contributed by atoms with Gasteiger partial charge in [-0.25, -0.2) is 4.39 Å². The van der Waals surface area contributed by atoms with Crippen molar-refractivity contribution in [2.24, 2.45) is 5.41 Å². The normalized spacial score (nSPS) is 24.1. The summed E-state index contributed by atoms with van der Waals surface area (Å²) in [4.78, 5) is 11.3. The van der Waals surface area contributed by atoms with E-state index in [1.807, 2.05) is 0 Å². The van der Waals surface area contributed by atoms with Crippen molar-refractivity contribution in [3.8, 4) is 5.75 Å². The Morgan fingerprint density at radius 2 is 2.24 bits per heavy atom. The van der Waals surface area contributed by atoms with Crippen LogP contribution in [0.3, 0.4) is 0 Å². The molecule has 1 aliphatic rings. The van der Waals surface area contributed by atoms with Crippen LogP contribution in [0.25, 0.3) is 0 Å². The van der Waals surface area contributed by atoms with Crippen LogP contribution in [-0.2, 0) is 11.2 Å². The van der Waals surface area contributed by atoms with E-state index in [2.05, 4.69) is 6.92 Å². The second-order valence-electron chi connectivity index (χ2n) is 5.14. The van der Waals surface area contributed by atoms with Crippen LogP contribution < -0.4 is 4.74 Å². The molecule has 0 radical (unpaired) electrons. The van der Waals surface area contributed by atoms with Crippen LogP contribution in [0.2, 0.25) is 0 Å². The first kappa shape index (κ1) is 12.1. The maximum absolute atomic E-state index is 14.0. The smallest absolute Gasteiger partial charge is 0.168 e. The molecule has 0 bridgehead atoms. The summed E-state index contributed by atoms with van der Waals surface area (Å²) in [5, 5.41) is 0. The van der Waals surface area contributed by atoms with E-state index in [0.717, 1.165) is 6.42 Å². The SMILES string of the molecule is COc1cccc(CC2(C)CCC(=O)C2)c1F. The number of rotatable bonds is 3. The van der Waals surface area contributed by atoms with Gasteiger partial charge in [0.25, 0.3) is 0 Å². The van der Waals surface area contributed by atoms with Gasteiger partial charge in [-0.1, -0.05) is 19.1 Å². The highest BCUT2D eigenvalue weighted by Gasteiger charge is 2.34. The molecule has 1 saturated carbocycles. The Morgan fingerprint density at radius 1 is 1.47 bits per heavy atom. The lowest BCUT2D eigenvalue weighted by Crippen LogP contribution is -2.16. The molecule has 1 aliphatic carbocycles. The summed E-state index contributed by atoms with van der Waals surface area (Å²) < 4.78 is 18.9. The Labute approximate surface area is 101 Å². The third-order valence-corrected chi connectivity index (χ3v) is 3.51. The van der Waals surface area contributed by atoms with E-state index >= 15 is 0 Å². The highest BCUT2D eigenvalue weighted by molar-refractivity contribution is 5.81. The number of halogens is 1. The fourth-order valence-electron chi connectivity index (χ4n) is 2.56. The second kappa shape index (κ2) is 4.47. The third kappa shape index (κ3) is 2.48. The van der Waals surface area contributed by atoms with Crippen molar-refractivity contribution in [3.63, 3.8) is 0 Å². The Morgan fingerprint density at radius 3 is 2.82 bits per heavy atom. The number of methoxy groups -OCH3 is 1. The van der Waals surface area contributed by atoms with Crippen molar-refractivity contribution in [1.29, 1.82) is 0 Å². The van der Waals surface area contributed by atoms with Crippen molar-refractivity contribution in [3.05, 3.63) is 29.6 Å². The molecule has 1 fully saturated rings. The Kier molecular flexibility index (Phi) is 3.18. The van der Waals surface area contributed by atoms with Gasteiger partial charge in [-0.15, -0.1) is 0 Å². The van der Waals surface area contributed by atoms with Crippen LogP contribution in [0, 0.1) is 11.2 Å². The van der Waals surface area contributed by atoms with Crippen LogP contribution in [0.5, 0.6) is 5.75 Å². The molecule has 0 amide bonds. The first-order valence-electron chi connectivity index (χ1n) is 5.87. The minimum absolute atomic E-state index is 0.0930. The highest BCUT2D eigenvalue weighted by Crippen LogP contribution is 2.39. The van der Waals surface area contributed by atoms with Gasteiger partial charge in [0.1, 0.15) is 5.78 Å². The van der Waals surface area contributed by atoms with Crippen LogP contribution in [0.15, 0.2) is 18.2 Å². The maximum Gasteiger partial charge on any atom is 0.168 e. The molecule has 0 spiro atoms. The maximum atomic E-state index is 14.0. The molecule has 1 aromatic carbocycles. The van der Waals surface area contributed by atoms with Gasteiger partial charge in [-0.05, 0) is 29.9 Å². The topological polar surface area (TPSA) is 26.3 Å². The number of hydrogen-bond acceptors (Lipinski definition) is 2. The lowest BCUT2D eigenvalue weighted by Gasteiger charge is -2.23. The van der Waals surface area contributed by atoms with E-state index in [1.165, 1.54) is 7.11 Å². The number of carbonyl (C=O) groups excluding carboxylic acids is 1. The van der Waals surface area contributed by atoms with Crippen LogP contribution >= 0.6 is 0 Å². The Balaban J connectivity index is 2.21. The molecule has 17 heavy (non-hydrogen) atoms. The van der Waals surface area contributed by atoms with Crippen LogP contribution in [0.1, 0.15) is 31.7 Å². The van der Waals surface area contributed by atoms with E-state index in [0.29, 0.717) is 24.8 Å². The fraction of sp³-hybridized carbons (Fsp3) is 0.500. The first-order chi connectivity index (χ1) is 8.04. The number of ether oxygens (including phenoxy) is 1. The first-order valence-corrected chi connectivity index (χ1v) is 5.87. The summed E-state index contributed by atoms with van der Waals surface area (Å²) in [6, 6.07) is 5.17. The lowest BCUT2D eigenvalue weighted by molar-refractivity contribution is -0.117. The molecule has 0 aliphatic heterocycles. The van der Waals surface area contributed by atoms with Crippen molar-refractivity contribution >= 4 is 5.78 Å². The molecule has 2 nitrogen and oxygen atoms in total. The minimum atomic E-state index is -0.296. The molecule has 0 heterocycles.